The number of hydrogen-bond donors (Lipinski definition) is 1. The lowest BCUT2D eigenvalue weighted by Crippen LogP contribution is -2.35. The van der Waals surface area contributed by atoms with E-state index in [4.69, 9.17) is 0 Å². The number of sulfonamides is 1. The third-order valence-corrected chi connectivity index (χ3v) is 5.02. The van der Waals surface area contributed by atoms with Crippen molar-refractivity contribution >= 4 is 15.9 Å². The highest BCUT2D eigenvalue weighted by Crippen LogP contribution is 2.13. The Morgan fingerprint density at radius 2 is 1.83 bits per heavy atom. The molecule has 6 nitrogen and oxygen atoms in total. The van der Waals surface area contributed by atoms with Crippen LogP contribution >= 0.6 is 0 Å². The summed E-state index contributed by atoms with van der Waals surface area (Å²) in [6, 6.07) is 7.67. The van der Waals surface area contributed by atoms with Crippen LogP contribution < -0.4 is 5.32 Å². The monoisotopic (exact) mass is 355 g/mol. The number of benzene rings is 1. The van der Waals surface area contributed by atoms with E-state index < -0.39 is 10.0 Å². The van der Waals surface area contributed by atoms with Crippen LogP contribution in [0.3, 0.4) is 0 Å². The van der Waals surface area contributed by atoms with Crippen LogP contribution in [-0.4, -0.2) is 63.5 Å². The SMILES string of the molecule is Cc1ccccc1CN(CCC(=O)NCCCN(C)C)S(C)(=O)=O. The van der Waals surface area contributed by atoms with Crippen molar-refractivity contribution in [3.8, 4) is 0 Å². The van der Waals surface area contributed by atoms with Crippen molar-refractivity contribution in [2.24, 2.45) is 0 Å². The maximum atomic E-state index is 12.0. The molecule has 0 fully saturated rings. The Bertz CT molecular complexity index is 630. The highest BCUT2D eigenvalue weighted by Gasteiger charge is 2.18. The Hall–Kier alpha value is -1.44. The minimum atomic E-state index is -3.37. The van der Waals surface area contributed by atoms with Gasteiger partial charge in [-0.05, 0) is 45.1 Å². The second-order valence-corrected chi connectivity index (χ2v) is 8.26. The van der Waals surface area contributed by atoms with Crippen molar-refractivity contribution in [2.45, 2.75) is 26.3 Å². The zero-order valence-electron chi connectivity index (χ0n) is 15.1. The summed E-state index contributed by atoms with van der Waals surface area (Å²) in [5.41, 5.74) is 1.99. The van der Waals surface area contributed by atoms with Crippen molar-refractivity contribution in [2.75, 3.05) is 40.0 Å². The van der Waals surface area contributed by atoms with Gasteiger partial charge < -0.3 is 10.2 Å². The molecule has 0 heterocycles. The maximum absolute atomic E-state index is 12.0. The molecule has 7 heteroatoms. The predicted molar refractivity (Wildman–Crippen MR) is 97.2 cm³/mol. The van der Waals surface area contributed by atoms with E-state index in [9.17, 15) is 13.2 Å². The van der Waals surface area contributed by atoms with Crippen molar-refractivity contribution in [3.63, 3.8) is 0 Å². The molecule has 0 saturated carbocycles. The van der Waals surface area contributed by atoms with Gasteiger partial charge in [-0.15, -0.1) is 0 Å². The largest absolute Gasteiger partial charge is 0.356 e. The van der Waals surface area contributed by atoms with Gasteiger partial charge in [0.15, 0.2) is 0 Å². The Morgan fingerprint density at radius 1 is 1.17 bits per heavy atom. The molecule has 24 heavy (non-hydrogen) atoms. The molecule has 1 aromatic carbocycles. The average molecular weight is 356 g/mol. The Balaban J connectivity index is 2.53. The van der Waals surface area contributed by atoms with E-state index in [2.05, 4.69) is 10.2 Å². The molecule has 0 radical (unpaired) electrons. The van der Waals surface area contributed by atoms with Gasteiger partial charge in [0.1, 0.15) is 0 Å². The molecule has 0 spiro atoms. The molecule has 0 bridgehead atoms. The van der Waals surface area contributed by atoms with E-state index in [0.717, 1.165) is 24.1 Å². The van der Waals surface area contributed by atoms with E-state index in [1.807, 2.05) is 45.3 Å². The van der Waals surface area contributed by atoms with Gasteiger partial charge in [0, 0.05) is 26.1 Å². The summed E-state index contributed by atoms with van der Waals surface area (Å²) in [6.45, 7) is 3.94. The molecular weight excluding hydrogens is 326 g/mol. The van der Waals surface area contributed by atoms with Crippen molar-refractivity contribution in [1.29, 1.82) is 0 Å². The summed E-state index contributed by atoms with van der Waals surface area (Å²) in [7, 11) is 0.602. The first-order chi connectivity index (χ1) is 11.2. The van der Waals surface area contributed by atoms with Crippen LogP contribution in [0.5, 0.6) is 0 Å². The van der Waals surface area contributed by atoms with Gasteiger partial charge in [-0.3, -0.25) is 4.79 Å². The van der Waals surface area contributed by atoms with Gasteiger partial charge in [0.25, 0.3) is 0 Å². The molecule has 136 valence electrons. The Labute approximate surface area is 145 Å². The number of nitrogens with zero attached hydrogens (tertiary/aromatic N) is 2. The molecule has 1 aromatic rings. The van der Waals surface area contributed by atoms with Gasteiger partial charge in [0.05, 0.1) is 6.26 Å². The summed E-state index contributed by atoms with van der Waals surface area (Å²) in [5.74, 6) is -0.118. The van der Waals surface area contributed by atoms with Crippen LogP contribution in [0.25, 0.3) is 0 Å². The molecular formula is C17H29N3O3S. The highest BCUT2D eigenvalue weighted by atomic mass is 32.2. The number of amides is 1. The number of carbonyl (C=O) groups is 1. The van der Waals surface area contributed by atoms with E-state index >= 15 is 0 Å². The summed E-state index contributed by atoms with van der Waals surface area (Å²) >= 11 is 0. The number of carbonyl (C=O) groups excluding carboxylic acids is 1. The number of aryl methyl sites for hydroxylation is 1. The molecule has 0 unspecified atom stereocenters. The molecule has 0 aromatic heterocycles. The fraction of sp³-hybridized carbons (Fsp3) is 0.588. The van der Waals surface area contributed by atoms with E-state index in [1.54, 1.807) is 0 Å². The quantitative estimate of drug-likeness (QED) is 0.641. The van der Waals surface area contributed by atoms with Crippen LogP contribution in [0.4, 0.5) is 0 Å². The van der Waals surface area contributed by atoms with E-state index in [-0.39, 0.29) is 18.9 Å². The third-order valence-electron chi connectivity index (χ3n) is 3.77. The molecule has 1 rings (SSSR count). The van der Waals surface area contributed by atoms with Gasteiger partial charge in [-0.2, -0.15) is 4.31 Å². The molecule has 0 aliphatic rings. The van der Waals surface area contributed by atoms with Crippen LogP contribution in [0.2, 0.25) is 0 Å². The standard InChI is InChI=1S/C17H29N3O3S/c1-15-8-5-6-9-16(15)14-20(24(4,22)23)13-10-17(21)18-11-7-12-19(2)3/h5-6,8-9H,7,10-14H2,1-4H3,(H,18,21). The number of rotatable bonds is 10. The first-order valence-corrected chi connectivity index (χ1v) is 9.96. The summed E-state index contributed by atoms with van der Waals surface area (Å²) < 4.78 is 25.3. The molecule has 0 atom stereocenters. The van der Waals surface area contributed by atoms with Gasteiger partial charge in [0.2, 0.25) is 15.9 Å². The van der Waals surface area contributed by atoms with E-state index in [0.29, 0.717) is 13.1 Å². The minimum Gasteiger partial charge on any atom is -0.356 e. The summed E-state index contributed by atoms with van der Waals surface area (Å²) in [4.78, 5) is 13.9. The number of nitrogens with one attached hydrogen (secondary N) is 1. The van der Waals surface area contributed by atoms with Gasteiger partial charge in [-0.25, -0.2) is 8.42 Å². The first-order valence-electron chi connectivity index (χ1n) is 8.11. The van der Waals surface area contributed by atoms with Crippen molar-refractivity contribution < 1.29 is 13.2 Å². The fourth-order valence-corrected chi connectivity index (χ4v) is 3.07. The molecule has 0 saturated heterocycles. The normalized spacial score (nSPS) is 11.9. The maximum Gasteiger partial charge on any atom is 0.221 e. The highest BCUT2D eigenvalue weighted by molar-refractivity contribution is 7.88. The lowest BCUT2D eigenvalue weighted by molar-refractivity contribution is -0.121. The fourth-order valence-electron chi connectivity index (χ4n) is 2.28. The lowest BCUT2D eigenvalue weighted by Gasteiger charge is -2.21. The molecule has 1 amide bonds. The zero-order chi connectivity index (χ0) is 18.2. The van der Waals surface area contributed by atoms with Crippen molar-refractivity contribution in [3.05, 3.63) is 35.4 Å². The molecule has 1 N–H and O–H groups in total. The minimum absolute atomic E-state index is 0.118. The zero-order valence-corrected chi connectivity index (χ0v) is 15.9. The lowest BCUT2D eigenvalue weighted by atomic mass is 10.1. The van der Waals surface area contributed by atoms with Crippen LogP contribution in [0.15, 0.2) is 24.3 Å². The summed E-state index contributed by atoms with van der Waals surface area (Å²) in [5, 5.41) is 2.83. The van der Waals surface area contributed by atoms with Crippen LogP contribution in [0.1, 0.15) is 24.0 Å². The second-order valence-electron chi connectivity index (χ2n) is 6.28. The van der Waals surface area contributed by atoms with Gasteiger partial charge in [-0.1, -0.05) is 24.3 Å². The molecule has 0 aliphatic heterocycles. The molecule has 0 aliphatic carbocycles. The van der Waals surface area contributed by atoms with Crippen LogP contribution in [-0.2, 0) is 21.4 Å². The Kier molecular flexibility index (Phi) is 8.38. The summed E-state index contributed by atoms with van der Waals surface area (Å²) in [6.07, 6.45) is 2.22. The topological polar surface area (TPSA) is 69.7 Å². The smallest absolute Gasteiger partial charge is 0.221 e. The first kappa shape index (κ1) is 20.6. The third kappa shape index (κ3) is 7.90. The van der Waals surface area contributed by atoms with E-state index in [1.165, 1.54) is 10.6 Å². The van der Waals surface area contributed by atoms with Gasteiger partial charge >= 0.3 is 0 Å². The average Bonchev–Trinajstić information content (AvgIpc) is 2.48. The van der Waals surface area contributed by atoms with Crippen molar-refractivity contribution in [1.82, 2.24) is 14.5 Å². The van der Waals surface area contributed by atoms with Crippen LogP contribution in [0, 0.1) is 6.92 Å². The predicted octanol–water partition coefficient (Wildman–Crippen LogP) is 1.21. The second kappa shape index (κ2) is 9.76. The Morgan fingerprint density at radius 3 is 2.42 bits per heavy atom. The number of hydrogen-bond acceptors (Lipinski definition) is 4.